The molecule has 1 N–H and O–H groups in total. The average molecular weight is 578 g/mol. The van der Waals surface area contributed by atoms with Crippen molar-refractivity contribution in [2.24, 2.45) is 17.8 Å². The normalized spacial score (nSPS) is 17.2. The number of hydrogen-bond acceptors (Lipinski definition) is 7. The Morgan fingerprint density at radius 2 is 1.78 bits per heavy atom. The third-order valence-electron chi connectivity index (χ3n) is 6.89. The van der Waals surface area contributed by atoms with Gasteiger partial charge < -0.3 is 34.1 Å². The number of amides is 3. The van der Waals surface area contributed by atoms with E-state index >= 15 is 0 Å². The number of rotatable bonds is 14. The number of hydrogen-bond donors (Lipinski definition) is 1. The van der Waals surface area contributed by atoms with E-state index in [2.05, 4.69) is 19.2 Å². The lowest BCUT2D eigenvalue weighted by molar-refractivity contribution is -0.140. The SMILES string of the molecule is CCN(Cc1ccc(OC)c(OCCCOC)c1)C(=O)C1C[C@H](C(=O)NCCC(C)C)CN(C(=O)OC(C)(C)C)C1. The molecule has 1 aliphatic heterocycles. The maximum absolute atomic E-state index is 13.9. The van der Waals surface area contributed by atoms with Crippen LogP contribution in [0.3, 0.4) is 0 Å². The van der Waals surface area contributed by atoms with E-state index in [-0.39, 0.29) is 24.9 Å². The summed E-state index contributed by atoms with van der Waals surface area (Å²) in [6.07, 6.45) is 1.47. The summed E-state index contributed by atoms with van der Waals surface area (Å²) in [7, 11) is 3.24. The molecule has 1 aromatic rings. The van der Waals surface area contributed by atoms with Crippen molar-refractivity contribution in [1.82, 2.24) is 15.1 Å². The Bertz CT molecular complexity index is 992. The summed E-state index contributed by atoms with van der Waals surface area (Å²) in [4.78, 5) is 43.3. The van der Waals surface area contributed by atoms with Gasteiger partial charge in [0.15, 0.2) is 11.5 Å². The van der Waals surface area contributed by atoms with Crippen molar-refractivity contribution in [3.05, 3.63) is 23.8 Å². The summed E-state index contributed by atoms with van der Waals surface area (Å²) in [5.74, 6) is 0.429. The Kier molecular flexibility index (Phi) is 13.7. The minimum absolute atomic E-state index is 0.0980. The zero-order chi connectivity index (χ0) is 30.6. The predicted molar refractivity (Wildman–Crippen MR) is 158 cm³/mol. The molecule has 0 saturated carbocycles. The van der Waals surface area contributed by atoms with E-state index < -0.39 is 23.5 Å². The standard InChI is InChI=1S/C31H51N3O7/c1-9-33(19-23-11-12-26(39-8)27(17-23)40-16-10-15-38-7)29(36)25-18-24(28(35)32-14-13-22(2)3)20-34(21-25)30(37)41-31(4,5)6/h11-12,17,22,24-25H,9-10,13-16,18-21H2,1-8H3,(H,32,35)/t24-,25?/m0/s1. The summed E-state index contributed by atoms with van der Waals surface area (Å²) in [5.41, 5.74) is 0.210. The third kappa shape index (κ3) is 11.4. The molecule has 0 aromatic heterocycles. The van der Waals surface area contributed by atoms with E-state index in [1.54, 1.807) is 39.9 Å². The monoisotopic (exact) mass is 577 g/mol. The van der Waals surface area contributed by atoms with Crippen molar-refractivity contribution >= 4 is 17.9 Å². The summed E-state index contributed by atoms with van der Waals surface area (Å²) in [5, 5.41) is 3.00. The van der Waals surface area contributed by atoms with Gasteiger partial charge in [0.25, 0.3) is 0 Å². The molecule has 0 spiro atoms. The predicted octanol–water partition coefficient (Wildman–Crippen LogP) is 4.49. The van der Waals surface area contributed by atoms with Gasteiger partial charge in [-0.25, -0.2) is 4.79 Å². The zero-order valence-electron chi connectivity index (χ0n) is 26.3. The van der Waals surface area contributed by atoms with E-state index in [1.807, 2.05) is 25.1 Å². The summed E-state index contributed by atoms with van der Waals surface area (Å²) < 4.78 is 22.1. The maximum atomic E-state index is 13.9. The fourth-order valence-corrected chi connectivity index (χ4v) is 4.71. The Hall–Kier alpha value is -3.01. The second kappa shape index (κ2) is 16.4. The van der Waals surface area contributed by atoms with Gasteiger partial charge in [0, 0.05) is 52.9 Å². The molecule has 10 nitrogen and oxygen atoms in total. The van der Waals surface area contributed by atoms with Crippen molar-refractivity contribution in [1.29, 1.82) is 0 Å². The van der Waals surface area contributed by atoms with Crippen molar-refractivity contribution < 1.29 is 33.3 Å². The van der Waals surface area contributed by atoms with Crippen LogP contribution in [0.2, 0.25) is 0 Å². The van der Waals surface area contributed by atoms with Gasteiger partial charge in [0.1, 0.15) is 5.60 Å². The zero-order valence-corrected chi connectivity index (χ0v) is 26.3. The lowest BCUT2D eigenvalue weighted by atomic mass is 9.87. The van der Waals surface area contributed by atoms with Crippen molar-refractivity contribution in [2.75, 3.05) is 53.6 Å². The van der Waals surface area contributed by atoms with Crippen LogP contribution in [-0.2, 0) is 25.6 Å². The molecule has 1 aromatic carbocycles. The quantitative estimate of drug-likeness (QED) is 0.325. The van der Waals surface area contributed by atoms with Gasteiger partial charge in [-0.1, -0.05) is 19.9 Å². The number of nitrogens with one attached hydrogen (secondary N) is 1. The van der Waals surface area contributed by atoms with E-state index in [4.69, 9.17) is 18.9 Å². The van der Waals surface area contributed by atoms with Crippen LogP contribution in [0, 0.1) is 17.8 Å². The molecule has 1 unspecified atom stereocenters. The van der Waals surface area contributed by atoms with Crippen LogP contribution in [0.25, 0.3) is 0 Å². The molecule has 1 saturated heterocycles. The van der Waals surface area contributed by atoms with Gasteiger partial charge in [-0.05, 0) is 64.2 Å². The first-order valence-corrected chi connectivity index (χ1v) is 14.7. The van der Waals surface area contributed by atoms with Crippen LogP contribution < -0.4 is 14.8 Å². The van der Waals surface area contributed by atoms with Crippen LogP contribution in [0.1, 0.15) is 66.4 Å². The Balaban J connectivity index is 2.20. The molecule has 41 heavy (non-hydrogen) atoms. The number of likely N-dealkylation sites (tertiary alicyclic amines) is 1. The molecule has 1 heterocycles. The first kappa shape index (κ1) is 34.2. The summed E-state index contributed by atoms with van der Waals surface area (Å²) in [6, 6.07) is 5.64. The highest BCUT2D eigenvalue weighted by Gasteiger charge is 2.39. The Morgan fingerprint density at radius 1 is 1.07 bits per heavy atom. The number of benzene rings is 1. The second-order valence-electron chi connectivity index (χ2n) is 12.0. The topological polar surface area (TPSA) is 107 Å². The first-order valence-electron chi connectivity index (χ1n) is 14.7. The molecule has 0 aliphatic carbocycles. The molecular formula is C31H51N3O7. The van der Waals surface area contributed by atoms with Crippen LogP contribution >= 0.6 is 0 Å². The van der Waals surface area contributed by atoms with Gasteiger partial charge in [-0.3, -0.25) is 9.59 Å². The number of carbonyl (C=O) groups excluding carboxylic acids is 3. The van der Waals surface area contributed by atoms with Crippen LogP contribution in [0.15, 0.2) is 18.2 Å². The first-order chi connectivity index (χ1) is 19.4. The van der Waals surface area contributed by atoms with Gasteiger partial charge in [0.05, 0.1) is 25.6 Å². The molecule has 1 fully saturated rings. The van der Waals surface area contributed by atoms with Gasteiger partial charge in [-0.15, -0.1) is 0 Å². The van der Waals surface area contributed by atoms with E-state index in [0.717, 1.165) is 18.4 Å². The summed E-state index contributed by atoms with van der Waals surface area (Å²) >= 11 is 0. The maximum Gasteiger partial charge on any atom is 0.410 e. The van der Waals surface area contributed by atoms with Gasteiger partial charge >= 0.3 is 6.09 Å². The average Bonchev–Trinajstić information content (AvgIpc) is 2.92. The number of nitrogens with zero attached hydrogens (tertiary/aromatic N) is 2. The van der Waals surface area contributed by atoms with Crippen molar-refractivity contribution in [3.63, 3.8) is 0 Å². The molecule has 0 bridgehead atoms. The highest BCUT2D eigenvalue weighted by Crippen LogP contribution is 2.30. The lowest BCUT2D eigenvalue weighted by Gasteiger charge is -2.38. The van der Waals surface area contributed by atoms with Crippen molar-refractivity contribution in [3.8, 4) is 11.5 Å². The van der Waals surface area contributed by atoms with Gasteiger partial charge in [0.2, 0.25) is 11.8 Å². The molecule has 3 amide bonds. The smallest absolute Gasteiger partial charge is 0.410 e. The molecule has 10 heteroatoms. The van der Waals surface area contributed by atoms with Crippen LogP contribution in [-0.4, -0.2) is 86.9 Å². The van der Waals surface area contributed by atoms with E-state index in [9.17, 15) is 14.4 Å². The minimum atomic E-state index is -0.684. The highest BCUT2D eigenvalue weighted by molar-refractivity contribution is 5.84. The van der Waals surface area contributed by atoms with Crippen molar-refractivity contribution in [2.45, 2.75) is 73.0 Å². The van der Waals surface area contributed by atoms with Crippen LogP contribution in [0.4, 0.5) is 4.79 Å². The van der Waals surface area contributed by atoms with E-state index in [1.165, 1.54) is 4.90 Å². The number of ether oxygens (including phenoxy) is 4. The number of carbonyl (C=O) groups is 3. The number of methoxy groups -OCH3 is 2. The van der Waals surface area contributed by atoms with Crippen LogP contribution in [0.5, 0.6) is 11.5 Å². The Labute approximate surface area is 246 Å². The van der Waals surface area contributed by atoms with E-state index in [0.29, 0.717) is 56.7 Å². The lowest BCUT2D eigenvalue weighted by Crippen LogP contribution is -2.53. The molecule has 2 atom stereocenters. The summed E-state index contributed by atoms with van der Waals surface area (Å²) in [6.45, 7) is 14.4. The fraction of sp³-hybridized carbons (Fsp3) is 0.710. The minimum Gasteiger partial charge on any atom is -0.493 e. The molecule has 232 valence electrons. The largest absolute Gasteiger partial charge is 0.493 e. The molecule has 2 rings (SSSR count). The molecule has 0 radical (unpaired) electrons. The fourth-order valence-electron chi connectivity index (χ4n) is 4.71. The Morgan fingerprint density at radius 3 is 2.39 bits per heavy atom. The molecule has 1 aliphatic rings. The molecular weight excluding hydrogens is 526 g/mol. The van der Waals surface area contributed by atoms with Gasteiger partial charge in [-0.2, -0.15) is 0 Å². The highest BCUT2D eigenvalue weighted by atomic mass is 16.6. The third-order valence-corrected chi connectivity index (χ3v) is 6.89. The second-order valence-corrected chi connectivity index (χ2v) is 12.0. The number of piperidine rings is 1.